The average molecular weight is 558 g/mol. The van der Waals surface area contributed by atoms with Crippen LogP contribution in [0, 0.1) is 0 Å². The predicted molar refractivity (Wildman–Crippen MR) is 130 cm³/mol. The number of anilines is 1. The van der Waals surface area contributed by atoms with Crippen LogP contribution in [0.2, 0.25) is 5.02 Å². The minimum Gasteiger partial charge on any atom is -0.483 e. The zero-order valence-corrected chi connectivity index (χ0v) is 21.2. The molecule has 30 heavy (non-hydrogen) atoms. The third kappa shape index (κ3) is 5.18. The van der Waals surface area contributed by atoms with Crippen LogP contribution in [0.15, 0.2) is 44.4 Å². The van der Waals surface area contributed by atoms with E-state index in [9.17, 15) is 4.79 Å². The van der Waals surface area contributed by atoms with Gasteiger partial charge in [0.1, 0.15) is 5.75 Å². The van der Waals surface area contributed by atoms with Crippen molar-refractivity contribution in [1.82, 2.24) is 5.43 Å². The van der Waals surface area contributed by atoms with Crippen molar-refractivity contribution in [3.8, 4) is 5.75 Å². The van der Waals surface area contributed by atoms with Gasteiger partial charge in [-0.1, -0.05) is 34.5 Å². The van der Waals surface area contributed by atoms with Crippen molar-refractivity contribution in [2.75, 3.05) is 18.6 Å². The Labute approximate surface area is 199 Å². The summed E-state index contributed by atoms with van der Waals surface area (Å²) in [7, 11) is 2.10. The number of nitrogens with zero attached hydrogens (tertiary/aromatic N) is 2. The smallest absolute Gasteiger partial charge is 0.277 e. The maximum atomic E-state index is 12.1. The van der Waals surface area contributed by atoms with E-state index in [-0.39, 0.29) is 18.1 Å². The minimum absolute atomic E-state index is 0.0726. The summed E-state index contributed by atoms with van der Waals surface area (Å²) >= 11 is 13.3. The Morgan fingerprint density at radius 2 is 2.10 bits per heavy atom. The number of ether oxygens (including phenoxy) is 1. The topological polar surface area (TPSA) is 53.9 Å². The predicted octanol–water partition coefficient (Wildman–Crippen LogP) is 6.12. The molecule has 1 atom stereocenters. The number of benzene rings is 2. The first-order chi connectivity index (χ1) is 14.1. The highest BCUT2D eigenvalue weighted by atomic mass is 79.9. The van der Waals surface area contributed by atoms with E-state index in [1.54, 1.807) is 12.3 Å². The fraction of sp³-hybridized carbons (Fsp3) is 0.364. The van der Waals surface area contributed by atoms with Crippen molar-refractivity contribution in [3.05, 3.63) is 55.4 Å². The molecule has 2 aromatic carbocycles. The number of hydrogen-bond donors (Lipinski definition) is 1. The number of halogens is 3. The summed E-state index contributed by atoms with van der Waals surface area (Å²) in [4.78, 5) is 14.3. The Balaban J connectivity index is 1.65. The lowest BCUT2D eigenvalue weighted by Gasteiger charge is -2.45. The first-order valence-corrected chi connectivity index (χ1v) is 11.5. The summed E-state index contributed by atoms with van der Waals surface area (Å²) in [6.45, 7) is 6.55. The molecule has 0 saturated carbocycles. The summed E-state index contributed by atoms with van der Waals surface area (Å²) in [6.07, 6.45) is 2.62. The molecule has 0 radical (unpaired) electrons. The van der Waals surface area contributed by atoms with Crippen LogP contribution in [-0.2, 0) is 4.79 Å². The minimum atomic E-state index is -0.356. The molecule has 5 nitrogen and oxygen atoms in total. The summed E-state index contributed by atoms with van der Waals surface area (Å²) in [5.41, 5.74) is 5.70. The normalized spacial score (nSPS) is 17.7. The maximum Gasteiger partial charge on any atom is 0.277 e. The first kappa shape index (κ1) is 23.1. The number of carbonyl (C=O) groups excluding carboxylic acids is 1. The van der Waals surface area contributed by atoms with E-state index >= 15 is 0 Å². The Kier molecular flexibility index (Phi) is 7.15. The fourth-order valence-electron chi connectivity index (χ4n) is 3.65. The lowest BCUT2D eigenvalue weighted by atomic mass is 9.80. The van der Waals surface area contributed by atoms with Crippen molar-refractivity contribution in [3.63, 3.8) is 0 Å². The number of rotatable bonds is 5. The SMILES string of the molecule is CC1CC(C)(C)N(C)c2cc(Cl)c(/C=N/NC(=O)COc3ccc(Br)cc3Br)cc21. The third-order valence-corrected chi connectivity index (χ3v) is 6.84. The summed E-state index contributed by atoms with van der Waals surface area (Å²) in [5.74, 6) is 0.629. The molecule has 0 aliphatic carbocycles. The summed E-state index contributed by atoms with van der Waals surface area (Å²) in [5, 5.41) is 4.65. The van der Waals surface area contributed by atoms with Crippen LogP contribution in [0.1, 0.15) is 44.2 Å². The molecule has 8 heteroatoms. The number of amides is 1. The molecule has 2 aromatic rings. The number of nitrogens with one attached hydrogen (secondary N) is 1. The second-order valence-corrected chi connectivity index (χ2v) is 10.2. The molecule has 1 unspecified atom stereocenters. The summed E-state index contributed by atoms with van der Waals surface area (Å²) < 4.78 is 7.19. The Bertz CT molecular complexity index is 995. The monoisotopic (exact) mass is 555 g/mol. The van der Waals surface area contributed by atoms with Gasteiger partial charge in [0.25, 0.3) is 5.91 Å². The third-order valence-electron chi connectivity index (χ3n) is 5.40. The number of fused-ring (bicyclic) bond motifs is 1. The van der Waals surface area contributed by atoms with Gasteiger partial charge in [-0.2, -0.15) is 5.10 Å². The standard InChI is InChI=1S/C22H24Br2ClN3O2/c1-13-10-22(2,3)28(4)19-9-18(25)14(7-16(13)19)11-26-27-21(29)12-30-20-6-5-15(23)8-17(20)24/h5-9,11,13H,10,12H2,1-4H3,(H,27,29)/b26-11+. The van der Waals surface area contributed by atoms with E-state index < -0.39 is 0 Å². The van der Waals surface area contributed by atoms with Crippen molar-refractivity contribution in [2.24, 2.45) is 5.10 Å². The molecule has 0 aromatic heterocycles. The average Bonchev–Trinajstić information content (AvgIpc) is 2.66. The van der Waals surface area contributed by atoms with Gasteiger partial charge in [0, 0.05) is 28.3 Å². The molecule has 1 N–H and O–H groups in total. The molecule has 3 rings (SSSR count). The Morgan fingerprint density at radius 3 is 2.80 bits per heavy atom. The number of carbonyl (C=O) groups is 1. The van der Waals surface area contributed by atoms with E-state index in [1.165, 1.54) is 5.56 Å². The van der Waals surface area contributed by atoms with Crippen LogP contribution in [-0.4, -0.2) is 31.3 Å². The lowest BCUT2D eigenvalue weighted by molar-refractivity contribution is -0.123. The molecule has 0 spiro atoms. The van der Waals surface area contributed by atoms with Gasteiger partial charge in [-0.05, 0) is 78.0 Å². The molecular formula is C22H24Br2ClN3O2. The van der Waals surface area contributed by atoms with E-state index in [0.717, 1.165) is 26.6 Å². The van der Waals surface area contributed by atoms with Gasteiger partial charge < -0.3 is 9.64 Å². The molecular weight excluding hydrogens is 534 g/mol. The van der Waals surface area contributed by atoms with Crippen LogP contribution in [0.5, 0.6) is 5.75 Å². The van der Waals surface area contributed by atoms with Gasteiger partial charge in [-0.3, -0.25) is 4.79 Å². The molecule has 0 fully saturated rings. The first-order valence-electron chi connectivity index (χ1n) is 9.55. The van der Waals surface area contributed by atoms with E-state index in [0.29, 0.717) is 16.7 Å². The molecule has 1 heterocycles. The van der Waals surface area contributed by atoms with Crippen LogP contribution >= 0.6 is 43.5 Å². The largest absolute Gasteiger partial charge is 0.483 e. The van der Waals surface area contributed by atoms with Gasteiger partial charge in [0.05, 0.1) is 15.7 Å². The number of hydrogen-bond acceptors (Lipinski definition) is 4. The second kappa shape index (κ2) is 9.28. The quantitative estimate of drug-likeness (QED) is 0.356. The summed E-state index contributed by atoms with van der Waals surface area (Å²) in [6, 6.07) is 9.50. The van der Waals surface area contributed by atoms with E-state index in [2.05, 4.69) is 81.2 Å². The van der Waals surface area contributed by atoms with Crippen LogP contribution < -0.4 is 15.1 Å². The highest BCUT2D eigenvalue weighted by molar-refractivity contribution is 9.11. The van der Waals surface area contributed by atoms with Gasteiger partial charge in [0.15, 0.2) is 6.61 Å². The lowest BCUT2D eigenvalue weighted by Crippen LogP contribution is -2.45. The number of hydrazone groups is 1. The Morgan fingerprint density at radius 1 is 1.37 bits per heavy atom. The van der Waals surface area contributed by atoms with Gasteiger partial charge >= 0.3 is 0 Å². The zero-order chi connectivity index (χ0) is 22.1. The second-order valence-electron chi connectivity index (χ2n) is 8.07. The molecule has 0 bridgehead atoms. The molecule has 160 valence electrons. The van der Waals surface area contributed by atoms with E-state index in [1.807, 2.05) is 18.2 Å². The van der Waals surface area contributed by atoms with Gasteiger partial charge in [-0.25, -0.2) is 5.43 Å². The van der Waals surface area contributed by atoms with Crippen molar-refractivity contribution < 1.29 is 9.53 Å². The fourth-order valence-corrected chi connectivity index (χ4v) is 5.01. The molecule has 1 amide bonds. The van der Waals surface area contributed by atoms with Crippen LogP contribution in [0.3, 0.4) is 0 Å². The Hall–Kier alpha value is -1.57. The molecule has 0 saturated heterocycles. The van der Waals surface area contributed by atoms with Gasteiger partial charge in [0.2, 0.25) is 0 Å². The van der Waals surface area contributed by atoms with Crippen molar-refractivity contribution in [1.29, 1.82) is 0 Å². The highest BCUT2D eigenvalue weighted by Gasteiger charge is 2.34. The van der Waals surface area contributed by atoms with Crippen LogP contribution in [0.4, 0.5) is 5.69 Å². The molecule has 1 aliphatic rings. The van der Waals surface area contributed by atoms with Crippen molar-refractivity contribution >= 4 is 61.3 Å². The molecule has 1 aliphatic heterocycles. The zero-order valence-electron chi connectivity index (χ0n) is 17.3. The van der Waals surface area contributed by atoms with Crippen molar-refractivity contribution in [2.45, 2.75) is 38.6 Å². The van der Waals surface area contributed by atoms with Gasteiger partial charge in [-0.15, -0.1) is 0 Å². The van der Waals surface area contributed by atoms with Crippen LogP contribution in [0.25, 0.3) is 0 Å². The van der Waals surface area contributed by atoms with E-state index in [4.69, 9.17) is 16.3 Å². The highest BCUT2D eigenvalue weighted by Crippen LogP contribution is 2.44. The maximum absolute atomic E-state index is 12.1.